The molecule has 0 radical (unpaired) electrons. The van der Waals surface area contributed by atoms with Crippen LogP contribution in [-0.4, -0.2) is 18.3 Å². The minimum atomic E-state index is -0.248. The van der Waals surface area contributed by atoms with Crippen molar-refractivity contribution in [2.75, 3.05) is 18.5 Å². The third-order valence-electron chi connectivity index (χ3n) is 2.69. The predicted molar refractivity (Wildman–Crippen MR) is 57.3 cm³/mol. The maximum Gasteiger partial charge on any atom is 0.0624 e. The highest BCUT2D eigenvalue weighted by atomic mass is 16.3. The highest BCUT2D eigenvalue weighted by molar-refractivity contribution is 5.54. The fraction of sp³-hybridized carbons (Fsp3) is 0.455. The van der Waals surface area contributed by atoms with Gasteiger partial charge in [-0.15, -0.1) is 0 Å². The number of aliphatic hydroxyl groups is 1. The molecule has 1 heterocycles. The lowest BCUT2D eigenvalue weighted by atomic mass is 9.98. The highest BCUT2D eigenvalue weighted by Crippen LogP contribution is 2.24. The molecule has 0 aromatic heterocycles. The second kappa shape index (κ2) is 3.98. The molecule has 0 saturated carbocycles. The summed E-state index contributed by atoms with van der Waals surface area (Å²) in [5, 5.41) is 12.3. The quantitative estimate of drug-likeness (QED) is 0.656. The Morgan fingerprint density at radius 1 is 1.50 bits per heavy atom. The molecule has 1 atom stereocenters. The average Bonchev–Trinajstić information content (AvgIpc) is 2.27. The summed E-state index contributed by atoms with van der Waals surface area (Å²) in [7, 11) is 0. The van der Waals surface area contributed by atoms with E-state index in [1.54, 1.807) is 0 Å². The van der Waals surface area contributed by atoms with Crippen LogP contribution in [0.4, 0.5) is 5.69 Å². The van der Waals surface area contributed by atoms with Crippen molar-refractivity contribution in [2.45, 2.75) is 18.9 Å². The highest BCUT2D eigenvalue weighted by Gasteiger charge is 2.11. The monoisotopic (exact) mass is 192 g/mol. The third-order valence-corrected chi connectivity index (χ3v) is 2.69. The van der Waals surface area contributed by atoms with Gasteiger partial charge in [-0.25, -0.2) is 0 Å². The van der Waals surface area contributed by atoms with Crippen LogP contribution in [0.5, 0.6) is 0 Å². The van der Waals surface area contributed by atoms with E-state index < -0.39 is 0 Å². The van der Waals surface area contributed by atoms with Gasteiger partial charge in [-0.1, -0.05) is 12.1 Å². The molecule has 0 unspecified atom stereocenters. The van der Waals surface area contributed by atoms with Crippen LogP contribution in [0.1, 0.15) is 23.6 Å². The number of nitrogens with one attached hydrogen (secondary N) is 1. The van der Waals surface area contributed by atoms with E-state index in [0.717, 1.165) is 18.5 Å². The van der Waals surface area contributed by atoms with Gasteiger partial charge in [-0.3, -0.25) is 0 Å². The zero-order valence-corrected chi connectivity index (χ0v) is 8.16. The average molecular weight is 192 g/mol. The number of aryl methyl sites for hydroxylation is 1. The molecule has 1 aliphatic heterocycles. The molecule has 3 nitrogen and oxygen atoms in total. The maximum atomic E-state index is 8.95. The first-order valence-electron chi connectivity index (χ1n) is 5.04. The fourth-order valence-corrected chi connectivity index (χ4v) is 1.83. The van der Waals surface area contributed by atoms with E-state index in [4.69, 9.17) is 10.8 Å². The summed E-state index contributed by atoms with van der Waals surface area (Å²) in [6, 6.07) is 5.89. The molecule has 0 bridgehead atoms. The minimum absolute atomic E-state index is 0.00617. The number of nitrogens with two attached hydrogens (primary N) is 1. The summed E-state index contributed by atoms with van der Waals surface area (Å²) >= 11 is 0. The van der Waals surface area contributed by atoms with Gasteiger partial charge in [0, 0.05) is 12.2 Å². The normalized spacial score (nSPS) is 17.0. The van der Waals surface area contributed by atoms with Gasteiger partial charge in [-0.2, -0.15) is 0 Å². The number of hydrogen-bond donors (Lipinski definition) is 3. The van der Waals surface area contributed by atoms with Gasteiger partial charge in [0.15, 0.2) is 0 Å². The van der Waals surface area contributed by atoms with Crippen molar-refractivity contribution >= 4 is 5.69 Å². The second-order valence-corrected chi connectivity index (χ2v) is 3.74. The first-order valence-corrected chi connectivity index (χ1v) is 5.04. The number of aliphatic hydroxyl groups excluding tert-OH is 1. The molecule has 14 heavy (non-hydrogen) atoms. The van der Waals surface area contributed by atoms with Crippen LogP contribution in [0.25, 0.3) is 0 Å². The molecule has 0 fully saturated rings. The molecule has 3 heteroatoms. The van der Waals surface area contributed by atoms with Gasteiger partial charge in [0.05, 0.1) is 12.6 Å². The zero-order chi connectivity index (χ0) is 9.97. The summed E-state index contributed by atoms with van der Waals surface area (Å²) in [5.41, 5.74) is 9.31. The van der Waals surface area contributed by atoms with E-state index in [2.05, 4.69) is 17.4 Å². The van der Waals surface area contributed by atoms with Gasteiger partial charge in [0.25, 0.3) is 0 Å². The van der Waals surface area contributed by atoms with E-state index in [1.165, 1.54) is 17.7 Å². The predicted octanol–water partition coefficient (Wildman–Crippen LogP) is 1.04. The molecule has 1 aliphatic rings. The van der Waals surface area contributed by atoms with Crippen molar-refractivity contribution in [1.82, 2.24) is 0 Å². The molecule has 1 aromatic rings. The molecule has 76 valence electrons. The Morgan fingerprint density at radius 2 is 2.36 bits per heavy atom. The molecule has 0 amide bonds. The molecule has 1 aromatic carbocycles. The number of benzene rings is 1. The molecular formula is C11H16N2O. The van der Waals surface area contributed by atoms with Gasteiger partial charge < -0.3 is 16.2 Å². The summed E-state index contributed by atoms with van der Waals surface area (Å²) in [6.45, 7) is 1.06. The summed E-state index contributed by atoms with van der Waals surface area (Å²) < 4.78 is 0. The van der Waals surface area contributed by atoms with Crippen molar-refractivity contribution in [3.8, 4) is 0 Å². The van der Waals surface area contributed by atoms with Crippen LogP contribution in [0.3, 0.4) is 0 Å². The van der Waals surface area contributed by atoms with E-state index in [9.17, 15) is 0 Å². The van der Waals surface area contributed by atoms with E-state index in [-0.39, 0.29) is 12.6 Å². The summed E-state index contributed by atoms with van der Waals surface area (Å²) in [6.07, 6.45) is 2.28. The maximum absolute atomic E-state index is 8.95. The van der Waals surface area contributed by atoms with Gasteiger partial charge >= 0.3 is 0 Å². The van der Waals surface area contributed by atoms with Crippen LogP contribution in [0, 0.1) is 0 Å². The van der Waals surface area contributed by atoms with E-state index >= 15 is 0 Å². The SMILES string of the molecule is N[C@H](CO)c1ccc2c(c1)CCCN2. The van der Waals surface area contributed by atoms with Crippen LogP contribution in [-0.2, 0) is 6.42 Å². The molecule has 0 spiro atoms. The molecular weight excluding hydrogens is 176 g/mol. The number of hydrogen-bond acceptors (Lipinski definition) is 3. The van der Waals surface area contributed by atoms with Crippen molar-refractivity contribution in [3.63, 3.8) is 0 Å². The lowest BCUT2D eigenvalue weighted by Crippen LogP contribution is -2.17. The lowest BCUT2D eigenvalue weighted by molar-refractivity contribution is 0.268. The Labute approximate surface area is 83.9 Å². The Kier molecular flexibility index (Phi) is 2.70. The van der Waals surface area contributed by atoms with Crippen molar-refractivity contribution in [2.24, 2.45) is 5.73 Å². The van der Waals surface area contributed by atoms with Crippen LogP contribution >= 0.6 is 0 Å². The van der Waals surface area contributed by atoms with Crippen molar-refractivity contribution in [3.05, 3.63) is 29.3 Å². The molecule has 0 aliphatic carbocycles. The standard InChI is InChI=1S/C11H16N2O/c12-10(7-14)8-3-4-11-9(6-8)2-1-5-13-11/h3-4,6,10,13-14H,1-2,5,7,12H2/t10-/m1/s1. The zero-order valence-electron chi connectivity index (χ0n) is 8.16. The topological polar surface area (TPSA) is 58.3 Å². The first-order chi connectivity index (χ1) is 6.81. The van der Waals surface area contributed by atoms with Crippen LogP contribution in [0.15, 0.2) is 18.2 Å². The smallest absolute Gasteiger partial charge is 0.0624 e. The fourth-order valence-electron chi connectivity index (χ4n) is 1.83. The Balaban J connectivity index is 2.29. The van der Waals surface area contributed by atoms with Crippen LogP contribution < -0.4 is 11.1 Å². The third kappa shape index (κ3) is 1.74. The van der Waals surface area contributed by atoms with Gasteiger partial charge in [0.2, 0.25) is 0 Å². The number of anilines is 1. The molecule has 2 rings (SSSR count). The van der Waals surface area contributed by atoms with Crippen molar-refractivity contribution < 1.29 is 5.11 Å². The Bertz CT molecular complexity index is 325. The largest absolute Gasteiger partial charge is 0.394 e. The number of fused-ring (bicyclic) bond motifs is 1. The van der Waals surface area contributed by atoms with E-state index in [1.807, 2.05) is 6.07 Å². The molecule has 0 saturated heterocycles. The minimum Gasteiger partial charge on any atom is -0.394 e. The van der Waals surface area contributed by atoms with Gasteiger partial charge in [0.1, 0.15) is 0 Å². The summed E-state index contributed by atoms with van der Waals surface area (Å²) in [4.78, 5) is 0. The lowest BCUT2D eigenvalue weighted by Gasteiger charge is -2.19. The Morgan fingerprint density at radius 3 is 3.14 bits per heavy atom. The Hall–Kier alpha value is -1.06. The van der Waals surface area contributed by atoms with Crippen molar-refractivity contribution in [1.29, 1.82) is 0 Å². The van der Waals surface area contributed by atoms with Crippen LogP contribution in [0.2, 0.25) is 0 Å². The first kappa shape index (κ1) is 9.49. The van der Waals surface area contributed by atoms with E-state index in [0.29, 0.717) is 0 Å². The summed E-state index contributed by atoms with van der Waals surface area (Å²) in [5.74, 6) is 0. The second-order valence-electron chi connectivity index (χ2n) is 3.74. The number of rotatable bonds is 2. The molecule has 4 N–H and O–H groups in total. The van der Waals surface area contributed by atoms with Gasteiger partial charge in [-0.05, 0) is 30.0 Å².